The summed E-state index contributed by atoms with van der Waals surface area (Å²) in [5.41, 5.74) is -0.0272. The second kappa shape index (κ2) is 3.22. The summed E-state index contributed by atoms with van der Waals surface area (Å²) >= 11 is 0. The molecule has 0 saturated heterocycles. The van der Waals surface area contributed by atoms with Gasteiger partial charge in [0.2, 0.25) is 0 Å². The Hall–Kier alpha value is -1.07. The number of hydrogen-bond donors (Lipinski definition) is 0. The van der Waals surface area contributed by atoms with Crippen LogP contribution >= 0.6 is 0 Å². The highest BCUT2D eigenvalue weighted by Gasteiger charge is 2.51. The monoisotopic (exact) mass is 221 g/mol. The second-order valence-corrected chi connectivity index (χ2v) is 3.80. The maximum absolute atomic E-state index is 13.1. The van der Waals surface area contributed by atoms with Gasteiger partial charge in [-0.2, -0.15) is 0 Å². The Morgan fingerprint density at radius 1 is 1.13 bits per heavy atom. The van der Waals surface area contributed by atoms with Crippen LogP contribution in [0.15, 0.2) is 18.2 Å². The van der Waals surface area contributed by atoms with E-state index in [0.717, 1.165) is 12.1 Å². The molecule has 6 heteroatoms. The molecule has 0 radical (unpaired) electrons. The van der Waals surface area contributed by atoms with E-state index in [0.29, 0.717) is 6.07 Å². The first-order chi connectivity index (χ1) is 6.89. The Balaban J connectivity index is 2.20. The fourth-order valence-corrected chi connectivity index (χ4v) is 1.79. The van der Waals surface area contributed by atoms with E-state index in [1.165, 1.54) is 0 Å². The molecular weight excluding hydrogens is 214 g/mol. The molecule has 1 fully saturated rings. The normalized spacial score (nSPS) is 25.4. The SMILES string of the molecule is Fc1ccc([C@H]2CC2[B-](F)(F)F)c(F)c1. The molecule has 15 heavy (non-hydrogen) atoms. The summed E-state index contributed by atoms with van der Waals surface area (Å²) in [6, 6.07) is 2.70. The molecule has 0 aliphatic heterocycles. The van der Waals surface area contributed by atoms with Crippen molar-refractivity contribution in [2.24, 2.45) is 0 Å². The van der Waals surface area contributed by atoms with E-state index in [1.54, 1.807) is 0 Å². The van der Waals surface area contributed by atoms with Crippen LogP contribution in [0.25, 0.3) is 0 Å². The van der Waals surface area contributed by atoms with Gasteiger partial charge in [0.15, 0.2) is 0 Å². The minimum Gasteiger partial charge on any atom is -0.449 e. The van der Waals surface area contributed by atoms with Crippen molar-refractivity contribution in [3.05, 3.63) is 35.4 Å². The van der Waals surface area contributed by atoms with Crippen LogP contribution in [0.3, 0.4) is 0 Å². The van der Waals surface area contributed by atoms with Gasteiger partial charge in [-0.3, -0.25) is 0 Å². The fourth-order valence-electron chi connectivity index (χ4n) is 1.79. The molecule has 82 valence electrons. The lowest BCUT2D eigenvalue weighted by Gasteiger charge is -2.13. The van der Waals surface area contributed by atoms with Gasteiger partial charge in [0, 0.05) is 6.07 Å². The van der Waals surface area contributed by atoms with Gasteiger partial charge in [0.1, 0.15) is 11.6 Å². The molecule has 1 aromatic carbocycles. The number of benzene rings is 1. The van der Waals surface area contributed by atoms with Crippen molar-refractivity contribution >= 4 is 6.98 Å². The molecule has 0 spiro atoms. The standard InChI is InChI=1S/C9H7BF5/c11-5-1-2-6(9(12)3-5)7-4-8(7)10(13,14)15/h1-3,7-8H,4H2/q-1/t7-,8?/m1/s1. The third-order valence-electron chi connectivity index (χ3n) is 2.69. The van der Waals surface area contributed by atoms with Crippen LogP contribution in [0, 0.1) is 11.6 Å². The molecular formula is C9H7BF5-. The summed E-state index contributed by atoms with van der Waals surface area (Å²) in [5, 5.41) is 0. The average molecular weight is 221 g/mol. The second-order valence-electron chi connectivity index (χ2n) is 3.80. The highest BCUT2D eigenvalue weighted by Crippen LogP contribution is 2.59. The predicted octanol–water partition coefficient (Wildman–Crippen LogP) is 3.67. The Morgan fingerprint density at radius 3 is 2.27 bits per heavy atom. The van der Waals surface area contributed by atoms with Crippen LogP contribution in [-0.2, 0) is 0 Å². The third kappa shape index (κ3) is 1.98. The Bertz CT molecular complexity index is 387. The van der Waals surface area contributed by atoms with E-state index in [4.69, 9.17) is 0 Å². The van der Waals surface area contributed by atoms with Crippen molar-refractivity contribution in [1.82, 2.24) is 0 Å². The lowest BCUT2D eigenvalue weighted by atomic mass is 9.81. The fraction of sp³-hybridized carbons (Fsp3) is 0.333. The van der Waals surface area contributed by atoms with Crippen molar-refractivity contribution < 1.29 is 21.7 Å². The predicted molar refractivity (Wildman–Crippen MR) is 46.5 cm³/mol. The largest absolute Gasteiger partial charge is 0.481 e. The van der Waals surface area contributed by atoms with Crippen LogP contribution in [0.4, 0.5) is 21.7 Å². The minimum atomic E-state index is -4.91. The van der Waals surface area contributed by atoms with Gasteiger partial charge in [-0.15, -0.1) is 0 Å². The molecule has 0 N–H and O–H groups in total. The van der Waals surface area contributed by atoms with Crippen LogP contribution in [0.1, 0.15) is 17.9 Å². The summed E-state index contributed by atoms with van der Waals surface area (Å²) < 4.78 is 62.4. The maximum Gasteiger partial charge on any atom is 0.481 e. The topological polar surface area (TPSA) is 0 Å². The molecule has 2 atom stereocenters. The smallest absolute Gasteiger partial charge is 0.449 e. The molecule has 1 aliphatic carbocycles. The van der Waals surface area contributed by atoms with E-state index in [-0.39, 0.29) is 12.0 Å². The van der Waals surface area contributed by atoms with Gasteiger partial charge < -0.3 is 12.9 Å². The minimum absolute atomic E-state index is 0.0272. The molecule has 0 amide bonds. The van der Waals surface area contributed by atoms with Gasteiger partial charge >= 0.3 is 6.98 Å². The van der Waals surface area contributed by atoms with Crippen LogP contribution in [0.5, 0.6) is 0 Å². The highest BCUT2D eigenvalue weighted by molar-refractivity contribution is 6.61. The number of rotatable bonds is 2. The van der Waals surface area contributed by atoms with Crippen LogP contribution in [0.2, 0.25) is 5.82 Å². The van der Waals surface area contributed by atoms with Crippen LogP contribution < -0.4 is 0 Å². The van der Waals surface area contributed by atoms with E-state index in [2.05, 4.69) is 0 Å². The van der Waals surface area contributed by atoms with Crippen molar-refractivity contribution in [2.75, 3.05) is 0 Å². The maximum atomic E-state index is 13.1. The van der Waals surface area contributed by atoms with Crippen molar-refractivity contribution in [2.45, 2.75) is 18.2 Å². The molecule has 2 rings (SSSR count). The molecule has 1 aromatic rings. The molecule has 0 heterocycles. The van der Waals surface area contributed by atoms with Crippen molar-refractivity contribution in [1.29, 1.82) is 0 Å². The van der Waals surface area contributed by atoms with Gasteiger partial charge in [-0.25, -0.2) is 8.78 Å². The van der Waals surface area contributed by atoms with Crippen molar-refractivity contribution in [3.8, 4) is 0 Å². The van der Waals surface area contributed by atoms with Gasteiger partial charge in [0.05, 0.1) is 0 Å². The molecule has 1 aliphatic rings. The van der Waals surface area contributed by atoms with E-state index < -0.39 is 30.3 Å². The van der Waals surface area contributed by atoms with Crippen molar-refractivity contribution in [3.63, 3.8) is 0 Å². The lowest BCUT2D eigenvalue weighted by molar-refractivity contribution is 0.463. The number of hydrogen-bond acceptors (Lipinski definition) is 0. The summed E-state index contributed by atoms with van der Waals surface area (Å²) in [6.07, 6.45) is -0.0773. The highest BCUT2D eigenvalue weighted by atomic mass is 19.4. The van der Waals surface area contributed by atoms with Gasteiger partial charge in [0.25, 0.3) is 0 Å². The average Bonchev–Trinajstić information content (AvgIpc) is 2.82. The molecule has 1 saturated carbocycles. The first-order valence-corrected chi connectivity index (χ1v) is 4.54. The zero-order valence-electron chi connectivity index (χ0n) is 7.56. The first-order valence-electron chi connectivity index (χ1n) is 4.54. The lowest BCUT2D eigenvalue weighted by Crippen LogP contribution is -2.15. The first kappa shape index (κ1) is 10.5. The summed E-state index contributed by atoms with van der Waals surface area (Å²) in [6.45, 7) is -4.91. The van der Waals surface area contributed by atoms with E-state index in [9.17, 15) is 21.7 Å². The molecule has 0 nitrogen and oxygen atoms in total. The third-order valence-corrected chi connectivity index (χ3v) is 2.69. The molecule has 0 aromatic heterocycles. The summed E-state index contributed by atoms with van der Waals surface area (Å²) in [7, 11) is 0. The van der Waals surface area contributed by atoms with E-state index >= 15 is 0 Å². The Labute approximate surface area is 83.2 Å². The molecule has 0 bridgehead atoms. The quantitative estimate of drug-likeness (QED) is 0.527. The Morgan fingerprint density at radius 2 is 1.80 bits per heavy atom. The van der Waals surface area contributed by atoms with Gasteiger partial charge in [-0.1, -0.05) is 18.3 Å². The number of halogens is 5. The zero-order chi connectivity index (χ0) is 11.2. The van der Waals surface area contributed by atoms with Gasteiger partial charge in [-0.05, 0) is 17.5 Å². The molecule has 1 unspecified atom stereocenters. The Kier molecular flexibility index (Phi) is 2.24. The summed E-state index contributed by atoms with van der Waals surface area (Å²) in [5.74, 6) is -3.89. The van der Waals surface area contributed by atoms with Crippen LogP contribution in [-0.4, -0.2) is 6.98 Å². The zero-order valence-corrected chi connectivity index (χ0v) is 7.56. The summed E-state index contributed by atoms with van der Waals surface area (Å²) in [4.78, 5) is 0. The van der Waals surface area contributed by atoms with E-state index in [1.807, 2.05) is 0 Å².